The molecule has 0 saturated carbocycles. The standard InChI is InChI=1S/C13H28N4O3S/c1-13(2,3)14-7-6-12(18)16-8-10-17(11-9-16)21(19,20)15(4)5/h14H,6-11H2,1-5H3. The van der Waals surface area contributed by atoms with Crippen LogP contribution < -0.4 is 5.32 Å². The van der Waals surface area contributed by atoms with Crippen LogP contribution in [0, 0.1) is 0 Å². The fraction of sp³-hybridized carbons (Fsp3) is 0.923. The van der Waals surface area contributed by atoms with Crippen molar-refractivity contribution < 1.29 is 13.2 Å². The molecule has 8 heteroatoms. The molecule has 0 bridgehead atoms. The Morgan fingerprint density at radius 3 is 2.10 bits per heavy atom. The summed E-state index contributed by atoms with van der Waals surface area (Å²) in [5.41, 5.74) is -0.00122. The van der Waals surface area contributed by atoms with Gasteiger partial charge in [0.15, 0.2) is 0 Å². The van der Waals surface area contributed by atoms with Crippen LogP contribution in [0.4, 0.5) is 0 Å². The first kappa shape index (κ1) is 18.3. The highest BCUT2D eigenvalue weighted by Crippen LogP contribution is 2.10. The molecule has 1 fully saturated rings. The van der Waals surface area contributed by atoms with Crippen LogP contribution in [0.1, 0.15) is 27.2 Å². The van der Waals surface area contributed by atoms with E-state index < -0.39 is 10.2 Å². The van der Waals surface area contributed by atoms with E-state index in [2.05, 4.69) is 26.1 Å². The second-order valence-corrected chi connectivity index (χ2v) is 8.64. The lowest BCUT2D eigenvalue weighted by Crippen LogP contribution is -2.53. The second-order valence-electron chi connectivity index (χ2n) is 6.50. The van der Waals surface area contributed by atoms with Crippen molar-refractivity contribution in [3.63, 3.8) is 0 Å². The molecule has 1 heterocycles. The first-order chi connectivity index (χ1) is 9.54. The van der Waals surface area contributed by atoms with E-state index in [-0.39, 0.29) is 11.4 Å². The minimum absolute atomic E-state index is 0.00122. The summed E-state index contributed by atoms with van der Waals surface area (Å²) in [5.74, 6) is 0.0775. The Morgan fingerprint density at radius 1 is 1.14 bits per heavy atom. The molecule has 1 rings (SSSR count). The van der Waals surface area contributed by atoms with Crippen LogP contribution in [0.2, 0.25) is 0 Å². The van der Waals surface area contributed by atoms with Gasteiger partial charge in [0, 0.05) is 58.8 Å². The van der Waals surface area contributed by atoms with Crippen LogP contribution in [-0.2, 0) is 15.0 Å². The summed E-state index contributed by atoms with van der Waals surface area (Å²) >= 11 is 0. The highest BCUT2D eigenvalue weighted by Gasteiger charge is 2.29. The minimum atomic E-state index is -3.37. The number of carbonyl (C=O) groups excluding carboxylic acids is 1. The zero-order chi connectivity index (χ0) is 16.3. The number of piperazine rings is 1. The predicted octanol–water partition coefficient (Wildman–Crippen LogP) is -0.285. The Hall–Kier alpha value is -0.700. The topological polar surface area (TPSA) is 73.0 Å². The Balaban J connectivity index is 2.41. The Bertz CT molecular complexity index is 449. The molecule has 0 atom stereocenters. The molecule has 0 aromatic rings. The number of hydrogen-bond acceptors (Lipinski definition) is 4. The summed E-state index contributed by atoms with van der Waals surface area (Å²) in [6.07, 6.45) is 0.442. The van der Waals surface area contributed by atoms with Crippen LogP contribution in [0.3, 0.4) is 0 Å². The third-order valence-electron chi connectivity index (χ3n) is 3.37. The van der Waals surface area contributed by atoms with Crippen molar-refractivity contribution in [3.05, 3.63) is 0 Å². The largest absolute Gasteiger partial charge is 0.340 e. The van der Waals surface area contributed by atoms with E-state index in [0.717, 1.165) is 0 Å². The van der Waals surface area contributed by atoms with E-state index in [1.807, 2.05) is 0 Å². The lowest BCUT2D eigenvalue weighted by atomic mass is 10.1. The normalized spacial score (nSPS) is 18.3. The molecule has 0 spiro atoms. The zero-order valence-corrected chi connectivity index (χ0v) is 14.5. The van der Waals surface area contributed by atoms with Gasteiger partial charge < -0.3 is 10.2 Å². The van der Waals surface area contributed by atoms with Gasteiger partial charge in [-0.25, -0.2) is 0 Å². The van der Waals surface area contributed by atoms with Gasteiger partial charge in [0.2, 0.25) is 5.91 Å². The highest BCUT2D eigenvalue weighted by atomic mass is 32.2. The number of nitrogens with zero attached hydrogens (tertiary/aromatic N) is 3. The van der Waals surface area contributed by atoms with Crippen molar-refractivity contribution in [2.75, 3.05) is 46.8 Å². The molecular weight excluding hydrogens is 292 g/mol. The van der Waals surface area contributed by atoms with Crippen molar-refractivity contribution in [1.29, 1.82) is 0 Å². The molecule has 0 unspecified atom stereocenters. The number of hydrogen-bond donors (Lipinski definition) is 1. The number of carbonyl (C=O) groups is 1. The Labute approximate surface area is 128 Å². The molecule has 1 N–H and O–H groups in total. The predicted molar refractivity (Wildman–Crippen MR) is 83.1 cm³/mol. The molecule has 0 aliphatic carbocycles. The van der Waals surface area contributed by atoms with Crippen molar-refractivity contribution in [1.82, 2.24) is 18.8 Å². The summed E-state index contributed by atoms with van der Waals surface area (Å²) in [7, 11) is -0.331. The molecular formula is C13H28N4O3S. The summed E-state index contributed by atoms with van der Waals surface area (Å²) in [6.45, 7) is 8.45. The fourth-order valence-corrected chi connectivity index (χ4v) is 3.19. The maximum Gasteiger partial charge on any atom is 0.281 e. The van der Waals surface area contributed by atoms with Crippen LogP contribution in [0.15, 0.2) is 0 Å². The number of nitrogens with one attached hydrogen (secondary N) is 1. The molecule has 7 nitrogen and oxygen atoms in total. The van der Waals surface area contributed by atoms with E-state index >= 15 is 0 Å². The molecule has 1 amide bonds. The summed E-state index contributed by atoms with van der Waals surface area (Å²) in [5, 5.41) is 3.28. The van der Waals surface area contributed by atoms with E-state index in [1.54, 1.807) is 4.90 Å². The average molecular weight is 320 g/mol. The van der Waals surface area contributed by atoms with Gasteiger partial charge in [-0.05, 0) is 20.8 Å². The van der Waals surface area contributed by atoms with Gasteiger partial charge >= 0.3 is 0 Å². The molecule has 0 aromatic carbocycles. The molecule has 21 heavy (non-hydrogen) atoms. The van der Waals surface area contributed by atoms with Crippen molar-refractivity contribution >= 4 is 16.1 Å². The van der Waals surface area contributed by atoms with E-state index in [0.29, 0.717) is 39.1 Å². The third-order valence-corrected chi connectivity index (χ3v) is 5.31. The van der Waals surface area contributed by atoms with Gasteiger partial charge in [-0.15, -0.1) is 0 Å². The Morgan fingerprint density at radius 2 is 1.67 bits per heavy atom. The zero-order valence-electron chi connectivity index (χ0n) is 13.7. The molecule has 0 aromatic heterocycles. The van der Waals surface area contributed by atoms with E-state index in [1.165, 1.54) is 22.7 Å². The minimum Gasteiger partial charge on any atom is -0.340 e. The van der Waals surface area contributed by atoms with Crippen LogP contribution in [0.5, 0.6) is 0 Å². The van der Waals surface area contributed by atoms with Gasteiger partial charge in [-0.3, -0.25) is 4.79 Å². The highest BCUT2D eigenvalue weighted by molar-refractivity contribution is 7.86. The van der Waals surface area contributed by atoms with Crippen molar-refractivity contribution in [2.24, 2.45) is 0 Å². The molecule has 1 saturated heterocycles. The van der Waals surface area contributed by atoms with Crippen LogP contribution in [-0.4, -0.2) is 80.2 Å². The third kappa shape index (κ3) is 5.54. The smallest absolute Gasteiger partial charge is 0.281 e. The lowest BCUT2D eigenvalue weighted by Gasteiger charge is -2.35. The van der Waals surface area contributed by atoms with E-state index in [9.17, 15) is 13.2 Å². The van der Waals surface area contributed by atoms with Gasteiger partial charge in [0.1, 0.15) is 0 Å². The molecule has 0 radical (unpaired) electrons. The van der Waals surface area contributed by atoms with E-state index in [4.69, 9.17) is 0 Å². The van der Waals surface area contributed by atoms with Gasteiger partial charge in [0.25, 0.3) is 10.2 Å². The maximum absolute atomic E-state index is 12.1. The van der Waals surface area contributed by atoms with Crippen molar-refractivity contribution in [3.8, 4) is 0 Å². The number of amides is 1. The summed E-state index contributed by atoms with van der Waals surface area (Å²) in [4.78, 5) is 13.8. The van der Waals surface area contributed by atoms with Crippen molar-refractivity contribution in [2.45, 2.75) is 32.7 Å². The van der Waals surface area contributed by atoms with Gasteiger partial charge in [-0.2, -0.15) is 17.0 Å². The van der Waals surface area contributed by atoms with Crippen LogP contribution >= 0.6 is 0 Å². The molecule has 1 aliphatic rings. The quantitative estimate of drug-likeness (QED) is 0.756. The SMILES string of the molecule is CN(C)S(=O)(=O)N1CCN(C(=O)CCNC(C)(C)C)CC1. The number of rotatable bonds is 5. The molecule has 124 valence electrons. The average Bonchev–Trinajstić information content (AvgIpc) is 2.37. The fourth-order valence-electron chi connectivity index (χ4n) is 2.10. The monoisotopic (exact) mass is 320 g/mol. The van der Waals surface area contributed by atoms with Gasteiger partial charge in [-0.1, -0.05) is 0 Å². The molecule has 1 aliphatic heterocycles. The first-order valence-electron chi connectivity index (χ1n) is 7.24. The van der Waals surface area contributed by atoms with Gasteiger partial charge in [0.05, 0.1) is 0 Å². The van der Waals surface area contributed by atoms with Crippen LogP contribution in [0.25, 0.3) is 0 Å². The maximum atomic E-state index is 12.1. The second kappa shape index (κ2) is 7.04. The Kier molecular flexibility index (Phi) is 6.15. The summed E-state index contributed by atoms with van der Waals surface area (Å²) in [6, 6.07) is 0. The lowest BCUT2D eigenvalue weighted by molar-refractivity contribution is -0.132. The first-order valence-corrected chi connectivity index (χ1v) is 8.64. The summed E-state index contributed by atoms with van der Waals surface area (Å²) < 4.78 is 26.6.